The molecule has 0 radical (unpaired) electrons. The fourth-order valence-electron chi connectivity index (χ4n) is 3.29. The zero-order valence-corrected chi connectivity index (χ0v) is 16.5. The molecule has 0 spiro atoms. The normalized spacial score (nSPS) is 20.8. The van der Waals surface area contributed by atoms with Gasteiger partial charge in [-0.15, -0.1) is 5.10 Å². The molecule has 0 unspecified atom stereocenters. The highest BCUT2D eigenvalue weighted by Gasteiger charge is 2.47. The summed E-state index contributed by atoms with van der Waals surface area (Å²) in [6.07, 6.45) is -0.879. The number of rotatable bonds is 5. The van der Waals surface area contributed by atoms with Crippen molar-refractivity contribution < 1.29 is 37.4 Å². The van der Waals surface area contributed by atoms with Gasteiger partial charge in [-0.3, -0.25) is 24.5 Å². The molecule has 11 nitrogen and oxygen atoms in total. The smallest absolute Gasteiger partial charge is 0.453 e. The number of aromatic amines is 1. The summed E-state index contributed by atoms with van der Waals surface area (Å²) in [6, 6.07) is 2.82. The molecule has 0 bridgehead atoms. The van der Waals surface area contributed by atoms with Crippen LogP contribution in [0.15, 0.2) is 24.5 Å². The lowest BCUT2D eigenvalue weighted by atomic mass is 9.98. The van der Waals surface area contributed by atoms with Crippen molar-refractivity contribution >= 4 is 18.3 Å². The van der Waals surface area contributed by atoms with Crippen LogP contribution in [0.2, 0.25) is 0 Å². The molecular formula is C18H19F3N6O5. The van der Waals surface area contributed by atoms with Gasteiger partial charge in [-0.2, -0.15) is 13.2 Å². The first kappa shape index (κ1) is 23.1. The van der Waals surface area contributed by atoms with E-state index in [1.807, 2.05) is 0 Å². The number of amides is 2. The summed E-state index contributed by atoms with van der Waals surface area (Å²) in [4.78, 5) is 42.6. The van der Waals surface area contributed by atoms with Gasteiger partial charge in [0, 0.05) is 18.4 Å². The van der Waals surface area contributed by atoms with Gasteiger partial charge in [0.25, 0.3) is 18.2 Å². The first-order valence-electron chi connectivity index (χ1n) is 9.43. The van der Waals surface area contributed by atoms with E-state index in [4.69, 9.17) is 14.6 Å². The number of aromatic nitrogens is 4. The predicted molar refractivity (Wildman–Crippen MR) is 98.5 cm³/mol. The standard InChI is InChI=1S/C17H17F3N6O3.CH2O2/c18-17(19,20)16-23-11(24-25-16)7-22-15(28)14-13(9-2-1-5-21-6-9)26(10-3-4-10)12(27)8-29-14;2-1-3/h1-2,5-6,10,13-14H,3-4,7-8H2,(H,22,28)(H,23,24,25);1H,(H,2,3)/t13-,14+;/m1./s1. The minimum absolute atomic E-state index is 0.0375. The van der Waals surface area contributed by atoms with E-state index in [0.717, 1.165) is 12.8 Å². The molecule has 2 aromatic rings. The highest BCUT2D eigenvalue weighted by atomic mass is 19.4. The molecule has 4 rings (SSSR count). The molecule has 3 N–H and O–H groups in total. The summed E-state index contributed by atoms with van der Waals surface area (Å²) in [5, 5.41) is 14.6. The van der Waals surface area contributed by atoms with E-state index in [0.29, 0.717) is 5.56 Å². The summed E-state index contributed by atoms with van der Waals surface area (Å²) < 4.78 is 43.3. The molecule has 2 aromatic heterocycles. The second-order valence-electron chi connectivity index (χ2n) is 6.92. The third-order valence-electron chi connectivity index (χ3n) is 4.70. The fraction of sp³-hybridized carbons (Fsp3) is 0.444. The molecule has 2 atom stereocenters. The highest BCUT2D eigenvalue weighted by molar-refractivity contribution is 5.86. The monoisotopic (exact) mass is 456 g/mol. The van der Waals surface area contributed by atoms with Crippen molar-refractivity contribution in [2.45, 2.75) is 43.8 Å². The minimum Gasteiger partial charge on any atom is -0.483 e. The van der Waals surface area contributed by atoms with Crippen molar-refractivity contribution in [3.63, 3.8) is 0 Å². The molecule has 32 heavy (non-hydrogen) atoms. The lowest BCUT2D eigenvalue weighted by Gasteiger charge is -2.40. The summed E-state index contributed by atoms with van der Waals surface area (Å²) in [7, 11) is 0. The van der Waals surface area contributed by atoms with Gasteiger partial charge in [-0.25, -0.2) is 4.98 Å². The number of carbonyl (C=O) groups is 3. The summed E-state index contributed by atoms with van der Waals surface area (Å²) in [6.45, 7) is -0.787. The van der Waals surface area contributed by atoms with Crippen molar-refractivity contribution in [1.29, 1.82) is 0 Å². The first-order chi connectivity index (χ1) is 15.3. The number of halogens is 3. The second-order valence-corrected chi connectivity index (χ2v) is 6.92. The van der Waals surface area contributed by atoms with Crippen molar-refractivity contribution in [3.8, 4) is 0 Å². The highest BCUT2D eigenvalue weighted by Crippen LogP contribution is 2.39. The first-order valence-corrected chi connectivity index (χ1v) is 9.43. The molecule has 2 fully saturated rings. The molecule has 2 amide bonds. The van der Waals surface area contributed by atoms with E-state index >= 15 is 0 Å². The van der Waals surface area contributed by atoms with Gasteiger partial charge < -0.3 is 20.1 Å². The molecule has 1 aliphatic heterocycles. The SMILES string of the molecule is O=C(NCc1nc(C(F)(F)F)n[nH]1)[C@H]1OCC(=O)N(C2CC2)[C@@H]1c1cccnc1.O=CO. The Hall–Kier alpha value is -3.55. The van der Waals surface area contributed by atoms with E-state index in [-0.39, 0.29) is 37.4 Å². The molecule has 0 aromatic carbocycles. The third kappa shape index (κ3) is 5.38. The fourth-order valence-corrected chi connectivity index (χ4v) is 3.29. The number of alkyl halides is 3. The number of carboxylic acid groups (broad SMARTS) is 1. The average Bonchev–Trinajstić information content (AvgIpc) is 3.47. The number of H-pyrrole nitrogens is 1. The number of nitrogens with zero attached hydrogens (tertiary/aromatic N) is 4. The lowest BCUT2D eigenvalue weighted by molar-refractivity contribution is -0.165. The molecule has 14 heteroatoms. The van der Waals surface area contributed by atoms with Crippen LogP contribution in [0.4, 0.5) is 13.2 Å². The second kappa shape index (κ2) is 9.72. The third-order valence-corrected chi connectivity index (χ3v) is 4.70. The zero-order valence-electron chi connectivity index (χ0n) is 16.5. The summed E-state index contributed by atoms with van der Waals surface area (Å²) in [5.74, 6) is -2.23. The topological polar surface area (TPSA) is 150 Å². The Balaban J connectivity index is 0.000000913. The van der Waals surface area contributed by atoms with Gasteiger partial charge in [-0.1, -0.05) is 6.07 Å². The zero-order chi connectivity index (χ0) is 23.3. The Bertz CT molecular complexity index is 950. The number of carbonyl (C=O) groups excluding carboxylic acids is 2. The summed E-state index contributed by atoms with van der Waals surface area (Å²) in [5.41, 5.74) is 0.645. The largest absolute Gasteiger partial charge is 0.483 e. The van der Waals surface area contributed by atoms with Gasteiger partial charge in [0.2, 0.25) is 5.91 Å². The summed E-state index contributed by atoms with van der Waals surface area (Å²) >= 11 is 0. The van der Waals surface area contributed by atoms with E-state index in [1.165, 1.54) is 0 Å². The Labute approximate surface area is 179 Å². The molecule has 1 saturated carbocycles. The van der Waals surface area contributed by atoms with Gasteiger partial charge in [0.15, 0.2) is 6.10 Å². The maximum atomic E-state index is 12.8. The lowest BCUT2D eigenvalue weighted by Crippen LogP contribution is -2.55. The number of morpholine rings is 1. The Morgan fingerprint density at radius 3 is 2.69 bits per heavy atom. The van der Waals surface area contributed by atoms with Crippen LogP contribution in [0, 0.1) is 0 Å². The van der Waals surface area contributed by atoms with Gasteiger partial charge >= 0.3 is 6.18 Å². The number of hydrogen-bond acceptors (Lipinski definition) is 7. The van der Waals surface area contributed by atoms with Crippen molar-refractivity contribution in [3.05, 3.63) is 41.7 Å². The van der Waals surface area contributed by atoms with Crippen LogP contribution in [0.25, 0.3) is 0 Å². The van der Waals surface area contributed by atoms with Crippen molar-refractivity contribution in [2.75, 3.05) is 6.61 Å². The van der Waals surface area contributed by atoms with E-state index < -0.39 is 30.1 Å². The number of hydrogen-bond donors (Lipinski definition) is 3. The van der Waals surface area contributed by atoms with Crippen LogP contribution >= 0.6 is 0 Å². The Morgan fingerprint density at radius 2 is 2.12 bits per heavy atom. The molecule has 172 valence electrons. The van der Waals surface area contributed by atoms with Gasteiger partial charge in [0.05, 0.1) is 12.6 Å². The van der Waals surface area contributed by atoms with Crippen LogP contribution in [0.5, 0.6) is 0 Å². The van der Waals surface area contributed by atoms with Crippen LogP contribution in [-0.4, -0.2) is 67.2 Å². The molecule has 2 aliphatic rings. The van der Waals surface area contributed by atoms with Gasteiger partial charge in [-0.05, 0) is 24.5 Å². The minimum atomic E-state index is -4.68. The molecule has 1 saturated heterocycles. The van der Waals surface area contributed by atoms with Crippen LogP contribution in [-0.2, 0) is 31.8 Å². The number of ether oxygens (including phenoxy) is 1. The predicted octanol–water partition coefficient (Wildman–Crippen LogP) is 0.667. The Kier molecular flexibility index (Phi) is 7.02. The maximum Gasteiger partial charge on any atom is 0.453 e. The van der Waals surface area contributed by atoms with Crippen LogP contribution in [0.1, 0.15) is 36.1 Å². The van der Waals surface area contributed by atoms with Crippen LogP contribution < -0.4 is 5.32 Å². The van der Waals surface area contributed by atoms with Crippen LogP contribution in [0.3, 0.4) is 0 Å². The van der Waals surface area contributed by atoms with E-state index in [9.17, 15) is 22.8 Å². The van der Waals surface area contributed by atoms with Gasteiger partial charge in [0.1, 0.15) is 12.4 Å². The average molecular weight is 456 g/mol. The van der Waals surface area contributed by atoms with E-state index in [1.54, 1.807) is 29.4 Å². The number of nitrogens with one attached hydrogen (secondary N) is 2. The quantitative estimate of drug-likeness (QED) is 0.556. The van der Waals surface area contributed by atoms with E-state index in [2.05, 4.69) is 25.5 Å². The molecule has 3 heterocycles. The maximum absolute atomic E-state index is 12.8. The molecular weight excluding hydrogens is 437 g/mol. The Morgan fingerprint density at radius 1 is 1.41 bits per heavy atom. The van der Waals surface area contributed by atoms with Crippen molar-refractivity contribution in [1.82, 2.24) is 30.4 Å². The number of pyridine rings is 1. The molecule has 1 aliphatic carbocycles. The van der Waals surface area contributed by atoms with Crippen molar-refractivity contribution in [2.24, 2.45) is 0 Å².